The van der Waals surface area contributed by atoms with E-state index in [0.29, 0.717) is 12.0 Å². The number of fused-ring (bicyclic) bond motifs is 2. The molecule has 2 heterocycles. The fourth-order valence-corrected chi connectivity index (χ4v) is 3.40. The molecule has 1 aliphatic heterocycles. The second-order valence-electron chi connectivity index (χ2n) is 6.34. The van der Waals surface area contributed by atoms with Gasteiger partial charge in [0.1, 0.15) is 5.82 Å². The zero-order chi connectivity index (χ0) is 15.6. The molecule has 0 unspecified atom stereocenters. The van der Waals surface area contributed by atoms with Crippen LogP contribution < -0.4 is 10.6 Å². The van der Waals surface area contributed by atoms with Crippen molar-refractivity contribution in [3.8, 4) is 0 Å². The van der Waals surface area contributed by atoms with Gasteiger partial charge >= 0.3 is 0 Å². The van der Waals surface area contributed by atoms with Gasteiger partial charge in [0.05, 0.1) is 6.20 Å². The molecule has 0 radical (unpaired) electrons. The molecule has 2 atom stereocenters. The van der Waals surface area contributed by atoms with E-state index in [-0.39, 0.29) is 0 Å². The van der Waals surface area contributed by atoms with Gasteiger partial charge in [-0.2, -0.15) is 5.10 Å². The molecule has 2 aromatic carbocycles. The Morgan fingerprint density at radius 1 is 1.22 bits per heavy atom. The highest BCUT2D eigenvalue weighted by molar-refractivity contribution is 5.86. The molecular weight excluding hydrogens is 284 g/mol. The van der Waals surface area contributed by atoms with E-state index in [1.54, 1.807) is 0 Å². The normalized spacial score (nSPS) is 18.4. The second kappa shape index (κ2) is 6.05. The quantitative estimate of drug-likeness (QED) is 0.776. The Morgan fingerprint density at radius 3 is 3.04 bits per heavy atom. The van der Waals surface area contributed by atoms with E-state index in [0.717, 1.165) is 25.5 Å². The first kappa shape index (κ1) is 14.3. The Morgan fingerprint density at radius 2 is 2.09 bits per heavy atom. The molecule has 1 aromatic heterocycles. The lowest BCUT2D eigenvalue weighted by molar-refractivity contribution is 0.377. The number of benzene rings is 2. The number of nitrogens with zero attached hydrogens (tertiary/aromatic N) is 2. The smallest absolute Gasteiger partial charge is 0.124 e. The number of aromatic nitrogens is 2. The summed E-state index contributed by atoms with van der Waals surface area (Å²) in [5.74, 6) is 1.68. The van der Waals surface area contributed by atoms with Crippen LogP contribution in [-0.2, 0) is 6.54 Å². The van der Waals surface area contributed by atoms with Crippen LogP contribution in [-0.4, -0.2) is 22.9 Å². The van der Waals surface area contributed by atoms with Crippen LogP contribution in [0.25, 0.3) is 10.8 Å². The van der Waals surface area contributed by atoms with Crippen molar-refractivity contribution in [2.45, 2.75) is 19.5 Å². The summed E-state index contributed by atoms with van der Waals surface area (Å²) in [4.78, 5) is 0. The fraction of sp³-hybridized carbons (Fsp3) is 0.316. The first-order valence-electron chi connectivity index (χ1n) is 8.28. The van der Waals surface area contributed by atoms with Gasteiger partial charge in [-0.05, 0) is 23.3 Å². The highest BCUT2D eigenvalue weighted by Gasteiger charge is 2.19. The van der Waals surface area contributed by atoms with Gasteiger partial charge in [0.2, 0.25) is 0 Å². The molecule has 0 saturated carbocycles. The highest BCUT2D eigenvalue weighted by atomic mass is 15.3. The van der Waals surface area contributed by atoms with E-state index in [2.05, 4.69) is 69.8 Å². The van der Waals surface area contributed by atoms with Crippen LogP contribution in [0.4, 0.5) is 5.82 Å². The van der Waals surface area contributed by atoms with E-state index in [1.807, 2.05) is 12.3 Å². The monoisotopic (exact) mass is 306 g/mol. The molecule has 0 aliphatic carbocycles. The van der Waals surface area contributed by atoms with Gasteiger partial charge in [-0.1, -0.05) is 42.5 Å². The average molecular weight is 306 g/mol. The molecule has 1 aliphatic rings. The Balaban J connectivity index is 1.45. The topological polar surface area (TPSA) is 41.9 Å². The third kappa shape index (κ3) is 2.82. The summed E-state index contributed by atoms with van der Waals surface area (Å²) in [6, 6.07) is 17.5. The standard InChI is InChI=1S/C19H22N4/c1-14(17-8-4-6-16-5-2-3-7-18(16)17)20-11-15-12-21-19-9-10-22-23(19)13-15/h2-10,14-15,20-21H,11-13H2,1H3/t14-,15+/m1/s1. The summed E-state index contributed by atoms with van der Waals surface area (Å²) in [6.07, 6.45) is 1.86. The van der Waals surface area contributed by atoms with Crippen LogP contribution in [0.15, 0.2) is 54.7 Å². The molecule has 2 N–H and O–H groups in total. The van der Waals surface area contributed by atoms with Crippen molar-refractivity contribution in [3.63, 3.8) is 0 Å². The van der Waals surface area contributed by atoms with Gasteiger partial charge in [-0.25, -0.2) is 4.68 Å². The molecular formula is C19H22N4. The van der Waals surface area contributed by atoms with Crippen molar-refractivity contribution < 1.29 is 0 Å². The molecule has 3 aromatic rings. The van der Waals surface area contributed by atoms with Gasteiger partial charge in [0.15, 0.2) is 0 Å². The zero-order valence-corrected chi connectivity index (χ0v) is 13.4. The predicted octanol–water partition coefficient (Wildman–Crippen LogP) is 3.43. The number of anilines is 1. The molecule has 0 fully saturated rings. The summed E-state index contributed by atoms with van der Waals surface area (Å²) in [7, 11) is 0. The Labute approximate surface area is 136 Å². The minimum atomic E-state index is 0.333. The van der Waals surface area contributed by atoms with Crippen molar-refractivity contribution >= 4 is 16.6 Å². The number of hydrogen-bond donors (Lipinski definition) is 2. The third-order valence-electron chi connectivity index (χ3n) is 4.72. The summed E-state index contributed by atoms with van der Waals surface area (Å²) in [6.45, 7) is 5.21. The predicted molar refractivity (Wildman–Crippen MR) is 94.6 cm³/mol. The Hall–Kier alpha value is -2.33. The maximum atomic E-state index is 4.36. The van der Waals surface area contributed by atoms with Gasteiger partial charge in [-0.15, -0.1) is 0 Å². The third-order valence-corrected chi connectivity index (χ3v) is 4.72. The van der Waals surface area contributed by atoms with Crippen molar-refractivity contribution in [2.24, 2.45) is 5.92 Å². The van der Waals surface area contributed by atoms with E-state index in [9.17, 15) is 0 Å². The molecule has 0 bridgehead atoms. The molecule has 0 amide bonds. The second-order valence-corrected chi connectivity index (χ2v) is 6.34. The van der Waals surface area contributed by atoms with Gasteiger partial charge in [0.25, 0.3) is 0 Å². The number of rotatable bonds is 4. The minimum Gasteiger partial charge on any atom is -0.370 e. The Kier molecular flexibility index (Phi) is 3.75. The van der Waals surface area contributed by atoms with Gasteiger partial charge < -0.3 is 10.6 Å². The summed E-state index contributed by atoms with van der Waals surface area (Å²) in [5, 5.41) is 14.2. The number of nitrogens with one attached hydrogen (secondary N) is 2. The lowest BCUT2D eigenvalue weighted by atomic mass is 9.99. The van der Waals surface area contributed by atoms with Crippen LogP contribution in [0, 0.1) is 5.92 Å². The van der Waals surface area contributed by atoms with Crippen molar-refractivity contribution in [2.75, 3.05) is 18.4 Å². The molecule has 4 nitrogen and oxygen atoms in total. The molecule has 0 spiro atoms. The summed E-state index contributed by atoms with van der Waals surface area (Å²) in [5.41, 5.74) is 1.37. The van der Waals surface area contributed by atoms with E-state index < -0.39 is 0 Å². The number of hydrogen-bond acceptors (Lipinski definition) is 3. The van der Waals surface area contributed by atoms with Crippen LogP contribution in [0.2, 0.25) is 0 Å². The fourth-order valence-electron chi connectivity index (χ4n) is 3.40. The SMILES string of the molecule is C[C@@H](NC[C@H]1CNc2ccnn2C1)c1cccc2ccccc12. The molecule has 118 valence electrons. The Bertz CT molecular complexity index is 802. The molecule has 4 rings (SSSR count). The van der Waals surface area contributed by atoms with E-state index in [4.69, 9.17) is 0 Å². The first-order valence-corrected chi connectivity index (χ1v) is 8.28. The molecule has 4 heteroatoms. The largest absolute Gasteiger partial charge is 0.370 e. The van der Waals surface area contributed by atoms with Crippen LogP contribution in [0.5, 0.6) is 0 Å². The van der Waals surface area contributed by atoms with Crippen LogP contribution >= 0.6 is 0 Å². The molecule has 0 saturated heterocycles. The van der Waals surface area contributed by atoms with Gasteiger partial charge in [0, 0.05) is 37.7 Å². The van der Waals surface area contributed by atoms with Crippen molar-refractivity contribution in [1.82, 2.24) is 15.1 Å². The maximum Gasteiger partial charge on any atom is 0.124 e. The van der Waals surface area contributed by atoms with Crippen molar-refractivity contribution in [1.29, 1.82) is 0 Å². The first-order chi connectivity index (χ1) is 11.3. The molecule has 23 heavy (non-hydrogen) atoms. The minimum absolute atomic E-state index is 0.333. The maximum absolute atomic E-state index is 4.36. The van der Waals surface area contributed by atoms with Gasteiger partial charge in [-0.3, -0.25) is 0 Å². The van der Waals surface area contributed by atoms with E-state index in [1.165, 1.54) is 16.3 Å². The highest BCUT2D eigenvalue weighted by Crippen LogP contribution is 2.24. The lowest BCUT2D eigenvalue weighted by Gasteiger charge is -2.27. The zero-order valence-electron chi connectivity index (χ0n) is 13.4. The summed E-state index contributed by atoms with van der Waals surface area (Å²) >= 11 is 0. The lowest BCUT2D eigenvalue weighted by Crippen LogP contribution is -2.36. The van der Waals surface area contributed by atoms with E-state index >= 15 is 0 Å². The van der Waals surface area contributed by atoms with Crippen molar-refractivity contribution in [3.05, 3.63) is 60.3 Å². The summed E-state index contributed by atoms with van der Waals surface area (Å²) < 4.78 is 2.05. The average Bonchev–Trinajstić information content (AvgIpc) is 3.07. The van der Waals surface area contributed by atoms with Crippen LogP contribution in [0.1, 0.15) is 18.5 Å². The van der Waals surface area contributed by atoms with Crippen LogP contribution in [0.3, 0.4) is 0 Å².